The maximum atomic E-state index is 12.2. The quantitative estimate of drug-likeness (QED) is 0.490. The molecule has 0 radical (unpaired) electrons. The van der Waals surface area contributed by atoms with Crippen LogP contribution < -0.4 is 14.9 Å². The number of halogens is 2. The zero-order chi connectivity index (χ0) is 19.5. The van der Waals surface area contributed by atoms with Gasteiger partial charge in [-0.3, -0.25) is 4.79 Å². The fourth-order valence-corrected chi connectivity index (χ4v) is 3.06. The van der Waals surface area contributed by atoms with Crippen LogP contribution in [0.15, 0.2) is 58.0 Å². The summed E-state index contributed by atoms with van der Waals surface area (Å²) in [6.45, 7) is 0.946. The van der Waals surface area contributed by atoms with Gasteiger partial charge in [0.05, 0.1) is 16.3 Å². The van der Waals surface area contributed by atoms with Crippen molar-refractivity contribution in [3.8, 4) is 22.8 Å². The van der Waals surface area contributed by atoms with E-state index >= 15 is 0 Å². The molecular weight excluding hydrogens is 403 g/mol. The number of hydrogen-bond donors (Lipinski definition) is 1. The Morgan fingerprint density at radius 2 is 1.86 bits per heavy atom. The molecule has 0 saturated heterocycles. The number of hydrogen-bond acceptors (Lipinski definition) is 5. The molecule has 4 rings (SSSR count). The Morgan fingerprint density at radius 3 is 2.71 bits per heavy atom. The molecule has 8 heteroatoms. The number of rotatable bonds is 4. The van der Waals surface area contributed by atoms with E-state index in [9.17, 15) is 4.79 Å². The lowest BCUT2D eigenvalue weighted by Gasteiger charge is -2.18. The van der Waals surface area contributed by atoms with E-state index in [1.807, 2.05) is 0 Å². The highest BCUT2D eigenvalue weighted by Gasteiger charge is 2.15. The Bertz CT molecular complexity index is 1060. The van der Waals surface area contributed by atoms with Gasteiger partial charge in [0.15, 0.2) is 11.5 Å². The van der Waals surface area contributed by atoms with Crippen molar-refractivity contribution in [3.05, 3.63) is 69.9 Å². The lowest BCUT2D eigenvalue weighted by molar-refractivity contribution is 0.0954. The van der Waals surface area contributed by atoms with Gasteiger partial charge in [-0.25, -0.2) is 5.43 Å². The molecule has 6 nitrogen and oxygen atoms in total. The lowest BCUT2D eigenvalue weighted by atomic mass is 10.2. The van der Waals surface area contributed by atoms with Gasteiger partial charge in [-0.1, -0.05) is 29.3 Å². The predicted octanol–water partition coefficient (Wildman–Crippen LogP) is 4.79. The van der Waals surface area contributed by atoms with Crippen molar-refractivity contribution in [2.45, 2.75) is 0 Å². The summed E-state index contributed by atoms with van der Waals surface area (Å²) < 4.78 is 16.6. The van der Waals surface area contributed by atoms with Gasteiger partial charge in [0.2, 0.25) is 0 Å². The average Bonchev–Trinajstić information content (AvgIpc) is 3.18. The number of carbonyl (C=O) groups excluding carboxylic acids is 1. The van der Waals surface area contributed by atoms with Crippen LogP contribution in [0.3, 0.4) is 0 Å². The summed E-state index contributed by atoms with van der Waals surface area (Å²) in [5.41, 5.74) is 3.54. The molecule has 0 atom stereocenters. The molecule has 0 aliphatic carbocycles. The van der Waals surface area contributed by atoms with Crippen LogP contribution in [0.1, 0.15) is 16.1 Å². The minimum absolute atomic E-state index is 0.377. The summed E-state index contributed by atoms with van der Waals surface area (Å²) in [4.78, 5) is 12.2. The van der Waals surface area contributed by atoms with Crippen LogP contribution in [0.5, 0.6) is 11.5 Å². The normalized spacial score (nSPS) is 12.9. The fourth-order valence-electron chi connectivity index (χ4n) is 2.66. The Hall–Kier alpha value is -2.96. The van der Waals surface area contributed by atoms with E-state index < -0.39 is 0 Å². The third-order valence-corrected chi connectivity index (χ3v) is 4.82. The van der Waals surface area contributed by atoms with E-state index in [2.05, 4.69) is 10.5 Å². The predicted molar refractivity (Wildman–Crippen MR) is 107 cm³/mol. The van der Waals surface area contributed by atoms with Crippen molar-refractivity contribution in [1.82, 2.24) is 5.43 Å². The SMILES string of the molecule is O=C(NN=Cc1ccc(-c2cccc(Cl)c2Cl)o1)c1ccc2c(c1)OCCO2. The van der Waals surface area contributed by atoms with Gasteiger partial charge >= 0.3 is 0 Å². The van der Waals surface area contributed by atoms with Gasteiger partial charge in [-0.2, -0.15) is 5.10 Å². The Balaban J connectivity index is 1.43. The van der Waals surface area contributed by atoms with Crippen molar-refractivity contribution in [2.24, 2.45) is 5.10 Å². The number of ether oxygens (including phenoxy) is 2. The second-order valence-corrected chi connectivity index (χ2v) is 6.65. The monoisotopic (exact) mass is 416 g/mol. The van der Waals surface area contributed by atoms with Crippen LogP contribution in [0.4, 0.5) is 0 Å². The standard InChI is InChI=1S/C20H14Cl2N2O4/c21-15-3-1-2-14(19(15)22)16-7-5-13(28-16)11-23-24-20(25)12-4-6-17-18(10-12)27-9-8-26-17/h1-7,10-11H,8-9H2,(H,24,25). The Labute approximate surface area is 170 Å². The first-order valence-electron chi connectivity index (χ1n) is 8.39. The molecule has 1 amide bonds. The third-order valence-electron chi connectivity index (χ3n) is 4.01. The molecule has 0 spiro atoms. The number of amides is 1. The van der Waals surface area contributed by atoms with Crippen molar-refractivity contribution in [1.29, 1.82) is 0 Å². The zero-order valence-corrected chi connectivity index (χ0v) is 16.0. The molecule has 0 fully saturated rings. The van der Waals surface area contributed by atoms with E-state index in [1.54, 1.807) is 48.5 Å². The Kier molecular flexibility index (Phi) is 5.23. The second-order valence-electron chi connectivity index (χ2n) is 5.86. The highest BCUT2D eigenvalue weighted by Crippen LogP contribution is 2.34. The zero-order valence-electron chi connectivity index (χ0n) is 14.4. The molecule has 1 aliphatic heterocycles. The minimum Gasteiger partial charge on any atom is -0.486 e. The maximum absolute atomic E-state index is 12.2. The van der Waals surface area contributed by atoms with Gasteiger partial charge in [0.1, 0.15) is 24.7 Å². The molecule has 3 aromatic rings. The second kappa shape index (κ2) is 7.96. The molecule has 1 N–H and O–H groups in total. The number of nitrogens with zero attached hydrogens (tertiary/aromatic N) is 1. The Morgan fingerprint density at radius 1 is 1.04 bits per heavy atom. The largest absolute Gasteiger partial charge is 0.486 e. The molecule has 142 valence electrons. The molecule has 2 heterocycles. The molecule has 0 saturated carbocycles. The molecular formula is C20H14Cl2N2O4. The summed E-state index contributed by atoms with van der Waals surface area (Å²) in [5, 5.41) is 4.78. The van der Waals surface area contributed by atoms with Crippen molar-refractivity contribution in [2.75, 3.05) is 13.2 Å². The molecule has 0 bridgehead atoms. The average molecular weight is 417 g/mol. The molecule has 0 unspecified atom stereocenters. The number of carbonyl (C=O) groups is 1. The van der Waals surface area contributed by atoms with Gasteiger partial charge in [-0.05, 0) is 42.5 Å². The van der Waals surface area contributed by atoms with Crippen LogP contribution in [0.2, 0.25) is 10.0 Å². The fraction of sp³-hybridized carbons (Fsp3) is 0.100. The van der Waals surface area contributed by atoms with Crippen LogP contribution >= 0.6 is 23.2 Å². The maximum Gasteiger partial charge on any atom is 0.271 e. The van der Waals surface area contributed by atoms with Gasteiger partial charge < -0.3 is 13.9 Å². The number of fused-ring (bicyclic) bond motifs is 1. The van der Waals surface area contributed by atoms with E-state index in [0.29, 0.717) is 57.4 Å². The number of benzene rings is 2. The van der Waals surface area contributed by atoms with Gasteiger partial charge in [-0.15, -0.1) is 0 Å². The van der Waals surface area contributed by atoms with Crippen LogP contribution in [-0.4, -0.2) is 25.3 Å². The van der Waals surface area contributed by atoms with E-state index in [0.717, 1.165) is 0 Å². The van der Waals surface area contributed by atoms with Gasteiger partial charge in [0.25, 0.3) is 5.91 Å². The summed E-state index contributed by atoms with van der Waals surface area (Å²) in [5.74, 6) is 1.78. The van der Waals surface area contributed by atoms with Crippen molar-refractivity contribution < 1.29 is 18.7 Å². The smallest absolute Gasteiger partial charge is 0.271 e. The summed E-state index contributed by atoms with van der Waals surface area (Å²) >= 11 is 12.2. The first kappa shape index (κ1) is 18.4. The van der Waals surface area contributed by atoms with Crippen LogP contribution in [-0.2, 0) is 0 Å². The minimum atomic E-state index is -0.377. The highest BCUT2D eigenvalue weighted by molar-refractivity contribution is 6.43. The summed E-state index contributed by atoms with van der Waals surface area (Å²) in [6, 6.07) is 13.7. The molecule has 28 heavy (non-hydrogen) atoms. The first-order chi connectivity index (χ1) is 13.6. The van der Waals surface area contributed by atoms with Gasteiger partial charge in [0, 0.05) is 11.1 Å². The topological polar surface area (TPSA) is 73.1 Å². The van der Waals surface area contributed by atoms with Crippen LogP contribution in [0.25, 0.3) is 11.3 Å². The van der Waals surface area contributed by atoms with Crippen LogP contribution in [0, 0.1) is 0 Å². The summed E-state index contributed by atoms with van der Waals surface area (Å²) in [7, 11) is 0. The number of hydrazone groups is 1. The number of furan rings is 1. The lowest BCUT2D eigenvalue weighted by Crippen LogP contribution is -2.19. The summed E-state index contributed by atoms with van der Waals surface area (Å²) in [6.07, 6.45) is 1.40. The third kappa shape index (κ3) is 3.83. The van der Waals surface area contributed by atoms with Crippen molar-refractivity contribution in [3.63, 3.8) is 0 Å². The van der Waals surface area contributed by atoms with E-state index in [1.165, 1.54) is 6.21 Å². The first-order valence-corrected chi connectivity index (χ1v) is 9.15. The number of nitrogens with one attached hydrogen (secondary N) is 1. The molecule has 1 aliphatic rings. The van der Waals surface area contributed by atoms with E-state index in [4.69, 9.17) is 37.1 Å². The molecule has 1 aromatic heterocycles. The molecule has 2 aromatic carbocycles. The van der Waals surface area contributed by atoms with Crippen molar-refractivity contribution >= 4 is 35.3 Å². The van der Waals surface area contributed by atoms with E-state index in [-0.39, 0.29) is 5.91 Å². The highest BCUT2D eigenvalue weighted by atomic mass is 35.5.